The first-order chi connectivity index (χ1) is 8.61. The van der Waals surface area contributed by atoms with E-state index < -0.39 is 0 Å². The molecule has 2 rings (SSSR count). The SMILES string of the molecule is CC(CCN)c1ccc(C2CCN(C)C2)c(Br)c1. The van der Waals surface area contributed by atoms with Gasteiger partial charge in [-0.05, 0) is 62.0 Å². The molecule has 1 saturated heterocycles. The van der Waals surface area contributed by atoms with E-state index in [1.165, 1.54) is 35.1 Å². The number of likely N-dealkylation sites (N-methyl/N-ethyl adjacent to an activating group) is 1. The first kappa shape index (κ1) is 14.0. The lowest BCUT2D eigenvalue weighted by Gasteiger charge is -2.16. The summed E-state index contributed by atoms with van der Waals surface area (Å²) in [6.07, 6.45) is 2.32. The minimum atomic E-state index is 0.548. The summed E-state index contributed by atoms with van der Waals surface area (Å²) in [5.41, 5.74) is 8.48. The van der Waals surface area contributed by atoms with Crippen LogP contribution in [0.25, 0.3) is 0 Å². The lowest BCUT2D eigenvalue weighted by molar-refractivity contribution is 0.411. The zero-order valence-electron chi connectivity index (χ0n) is 11.3. The summed E-state index contributed by atoms with van der Waals surface area (Å²) in [4.78, 5) is 2.40. The lowest BCUT2D eigenvalue weighted by Crippen LogP contribution is -2.13. The molecular formula is C15H23BrN2. The topological polar surface area (TPSA) is 29.3 Å². The Morgan fingerprint density at radius 2 is 2.28 bits per heavy atom. The summed E-state index contributed by atoms with van der Waals surface area (Å²) in [5, 5.41) is 0. The van der Waals surface area contributed by atoms with Gasteiger partial charge < -0.3 is 10.6 Å². The Bertz CT molecular complexity index is 405. The van der Waals surface area contributed by atoms with Crippen LogP contribution in [-0.4, -0.2) is 31.6 Å². The summed E-state index contributed by atoms with van der Waals surface area (Å²) in [5.74, 6) is 1.23. The highest BCUT2D eigenvalue weighted by Gasteiger charge is 2.23. The van der Waals surface area contributed by atoms with Crippen LogP contribution < -0.4 is 5.73 Å². The van der Waals surface area contributed by atoms with E-state index in [1.807, 2.05) is 0 Å². The van der Waals surface area contributed by atoms with Gasteiger partial charge in [0, 0.05) is 11.0 Å². The van der Waals surface area contributed by atoms with E-state index in [4.69, 9.17) is 5.73 Å². The molecule has 2 atom stereocenters. The maximum atomic E-state index is 5.63. The van der Waals surface area contributed by atoms with Gasteiger partial charge in [-0.25, -0.2) is 0 Å². The van der Waals surface area contributed by atoms with Gasteiger partial charge in [0.05, 0.1) is 0 Å². The molecule has 2 unspecified atom stereocenters. The maximum Gasteiger partial charge on any atom is 0.0213 e. The molecule has 1 aliphatic rings. The van der Waals surface area contributed by atoms with Crippen molar-refractivity contribution in [2.45, 2.75) is 31.6 Å². The molecule has 3 heteroatoms. The molecule has 1 fully saturated rings. The summed E-state index contributed by atoms with van der Waals surface area (Å²) < 4.78 is 1.27. The molecule has 1 aliphatic heterocycles. The Morgan fingerprint density at radius 3 is 2.83 bits per heavy atom. The number of rotatable bonds is 4. The molecule has 0 amide bonds. The number of nitrogens with two attached hydrogens (primary N) is 1. The molecule has 0 aliphatic carbocycles. The molecule has 0 spiro atoms. The van der Waals surface area contributed by atoms with Gasteiger partial charge in [0.25, 0.3) is 0 Å². The zero-order valence-corrected chi connectivity index (χ0v) is 12.9. The average Bonchev–Trinajstić information content (AvgIpc) is 2.76. The lowest BCUT2D eigenvalue weighted by atomic mass is 9.93. The van der Waals surface area contributed by atoms with E-state index in [0.717, 1.165) is 13.0 Å². The van der Waals surface area contributed by atoms with Gasteiger partial charge in [0.1, 0.15) is 0 Å². The Morgan fingerprint density at radius 1 is 1.50 bits per heavy atom. The highest BCUT2D eigenvalue weighted by molar-refractivity contribution is 9.10. The Kier molecular flexibility index (Phi) is 4.82. The fourth-order valence-corrected chi connectivity index (χ4v) is 3.51. The van der Waals surface area contributed by atoms with Gasteiger partial charge in [0.2, 0.25) is 0 Å². The maximum absolute atomic E-state index is 5.63. The van der Waals surface area contributed by atoms with Gasteiger partial charge in [-0.15, -0.1) is 0 Å². The van der Waals surface area contributed by atoms with Crippen LogP contribution in [-0.2, 0) is 0 Å². The van der Waals surface area contributed by atoms with Crippen molar-refractivity contribution in [3.05, 3.63) is 33.8 Å². The Labute approximate surface area is 119 Å². The van der Waals surface area contributed by atoms with Crippen molar-refractivity contribution >= 4 is 15.9 Å². The van der Waals surface area contributed by atoms with E-state index in [9.17, 15) is 0 Å². The monoisotopic (exact) mass is 310 g/mol. The third-order valence-electron chi connectivity index (χ3n) is 4.02. The predicted octanol–water partition coefficient (Wildman–Crippen LogP) is 3.32. The highest BCUT2D eigenvalue weighted by atomic mass is 79.9. The molecule has 1 aromatic rings. The quantitative estimate of drug-likeness (QED) is 0.924. The molecule has 0 bridgehead atoms. The average molecular weight is 311 g/mol. The second-order valence-electron chi connectivity index (χ2n) is 5.51. The molecule has 1 heterocycles. The van der Waals surface area contributed by atoms with Gasteiger partial charge in [-0.3, -0.25) is 0 Å². The van der Waals surface area contributed by atoms with E-state index in [2.05, 4.69) is 53.0 Å². The van der Waals surface area contributed by atoms with Crippen molar-refractivity contribution in [1.82, 2.24) is 4.90 Å². The van der Waals surface area contributed by atoms with Gasteiger partial charge in [-0.2, -0.15) is 0 Å². The normalized spacial score (nSPS) is 22.3. The molecule has 0 radical (unpaired) electrons. The number of benzene rings is 1. The second-order valence-corrected chi connectivity index (χ2v) is 6.36. The van der Waals surface area contributed by atoms with Crippen LogP contribution in [0.4, 0.5) is 0 Å². The standard InChI is InChI=1S/C15H23BrN2/c1-11(5-7-17)12-3-4-14(15(16)9-12)13-6-8-18(2)10-13/h3-4,9,11,13H,5-8,10,17H2,1-2H3. The van der Waals surface area contributed by atoms with Gasteiger partial charge in [-0.1, -0.05) is 35.0 Å². The molecular weight excluding hydrogens is 288 g/mol. The fourth-order valence-electron chi connectivity index (χ4n) is 2.79. The first-order valence-corrected chi connectivity index (χ1v) is 7.59. The Hall–Kier alpha value is -0.380. The van der Waals surface area contributed by atoms with Crippen molar-refractivity contribution in [2.75, 3.05) is 26.7 Å². The minimum Gasteiger partial charge on any atom is -0.330 e. The number of halogens is 1. The molecule has 1 aromatic carbocycles. The van der Waals surface area contributed by atoms with Crippen LogP contribution in [0.5, 0.6) is 0 Å². The van der Waals surface area contributed by atoms with E-state index >= 15 is 0 Å². The number of nitrogens with zero attached hydrogens (tertiary/aromatic N) is 1. The third-order valence-corrected chi connectivity index (χ3v) is 4.71. The molecule has 18 heavy (non-hydrogen) atoms. The third kappa shape index (κ3) is 3.14. The number of hydrogen-bond acceptors (Lipinski definition) is 2. The summed E-state index contributed by atoms with van der Waals surface area (Å²) in [6, 6.07) is 6.86. The van der Waals surface area contributed by atoms with Crippen molar-refractivity contribution in [3.8, 4) is 0 Å². The molecule has 2 N–H and O–H groups in total. The van der Waals surface area contributed by atoms with Crippen molar-refractivity contribution < 1.29 is 0 Å². The minimum absolute atomic E-state index is 0.548. The van der Waals surface area contributed by atoms with Gasteiger partial charge >= 0.3 is 0 Å². The van der Waals surface area contributed by atoms with E-state index in [-0.39, 0.29) is 0 Å². The molecule has 100 valence electrons. The zero-order chi connectivity index (χ0) is 13.1. The van der Waals surface area contributed by atoms with Gasteiger partial charge in [0.15, 0.2) is 0 Å². The van der Waals surface area contributed by atoms with Crippen LogP contribution in [0.15, 0.2) is 22.7 Å². The predicted molar refractivity (Wildman–Crippen MR) is 81.1 cm³/mol. The van der Waals surface area contributed by atoms with Crippen LogP contribution >= 0.6 is 15.9 Å². The van der Waals surface area contributed by atoms with Crippen molar-refractivity contribution in [1.29, 1.82) is 0 Å². The first-order valence-electron chi connectivity index (χ1n) is 6.79. The second kappa shape index (κ2) is 6.18. The number of hydrogen-bond donors (Lipinski definition) is 1. The number of likely N-dealkylation sites (tertiary alicyclic amines) is 1. The van der Waals surface area contributed by atoms with Crippen LogP contribution in [0.1, 0.15) is 42.7 Å². The van der Waals surface area contributed by atoms with Crippen LogP contribution in [0.3, 0.4) is 0 Å². The van der Waals surface area contributed by atoms with Crippen LogP contribution in [0, 0.1) is 0 Å². The fraction of sp³-hybridized carbons (Fsp3) is 0.600. The largest absolute Gasteiger partial charge is 0.330 e. The molecule has 0 saturated carbocycles. The summed E-state index contributed by atoms with van der Waals surface area (Å²) >= 11 is 3.75. The smallest absolute Gasteiger partial charge is 0.0213 e. The summed E-state index contributed by atoms with van der Waals surface area (Å²) in [6.45, 7) is 5.39. The van der Waals surface area contributed by atoms with Crippen molar-refractivity contribution in [2.24, 2.45) is 5.73 Å². The van der Waals surface area contributed by atoms with E-state index in [1.54, 1.807) is 0 Å². The van der Waals surface area contributed by atoms with Crippen molar-refractivity contribution in [3.63, 3.8) is 0 Å². The van der Waals surface area contributed by atoms with Crippen LogP contribution in [0.2, 0.25) is 0 Å². The summed E-state index contributed by atoms with van der Waals surface area (Å²) in [7, 11) is 2.20. The Balaban J connectivity index is 2.15. The highest BCUT2D eigenvalue weighted by Crippen LogP contribution is 2.34. The molecule has 2 nitrogen and oxygen atoms in total. The van der Waals surface area contributed by atoms with E-state index in [0.29, 0.717) is 11.8 Å². The molecule has 0 aromatic heterocycles.